The van der Waals surface area contributed by atoms with Crippen LogP contribution in [0.25, 0.3) is 22.6 Å². The Kier molecular flexibility index (Phi) is 2.56. The molecule has 92 valence electrons. The standard InChI is InChI=1S/C13H14N4S/c1-3-17-12(9-7-8(2)18-11(9)14)16-10-5-4-6-15-13(10)17/h4-7H,3,14H2,1-2H3. The Morgan fingerprint density at radius 2 is 2.28 bits per heavy atom. The lowest BCUT2D eigenvalue weighted by molar-refractivity contribution is 0.788. The number of hydrogen-bond donors (Lipinski definition) is 1. The molecule has 0 amide bonds. The first-order valence-corrected chi connectivity index (χ1v) is 6.70. The van der Waals surface area contributed by atoms with Crippen LogP contribution in [-0.2, 0) is 6.54 Å². The van der Waals surface area contributed by atoms with Gasteiger partial charge >= 0.3 is 0 Å². The molecule has 0 aliphatic carbocycles. The van der Waals surface area contributed by atoms with Gasteiger partial charge < -0.3 is 10.3 Å². The molecule has 5 heteroatoms. The summed E-state index contributed by atoms with van der Waals surface area (Å²) in [6.07, 6.45) is 1.79. The summed E-state index contributed by atoms with van der Waals surface area (Å²) in [7, 11) is 0. The Morgan fingerprint density at radius 3 is 2.94 bits per heavy atom. The summed E-state index contributed by atoms with van der Waals surface area (Å²) in [5.41, 5.74) is 8.90. The summed E-state index contributed by atoms with van der Waals surface area (Å²) in [5, 5.41) is 0.817. The van der Waals surface area contributed by atoms with E-state index in [0.717, 1.165) is 34.1 Å². The van der Waals surface area contributed by atoms with Crippen molar-refractivity contribution in [2.75, 3.05) is 5.73 Å². The third kappa shape index (κ3) is 1.59. The van der Waals surface area contributed by atoms with Crippen LogP contribution in [0.15, 0.2) is 24.4 Å². The van der Waals surface area contributed by atoms with Crippen molar-refractivity contribution >= 4 is 27.5 Å². The number of fused-ring (bicyclic) bond motifs is 1. The molecule has 0 spiro atoms. The second-order valence-electron chi connectivity index (χ2n) is 4.16. The Hall–Kier alpha value is -1.88. The van der Waals surface area contributed by atoms with E-state index < -0.39 is 0 Å². The van der Waals surface area contributed by atoms with Crippen molar-refractivity contribution < 1.29 is 0 Å². The first-order chi connectivity index (χ1) is 8.70. The maximum atomic E-state index is 6.06. The molecule has 3 aromatic rings. The van der Waals surface area contributed by atoms with E-state index in [0.29, 0.717) is 0 Å². The number of anilines is 1. The van der Waals surface area contributed by atoms with E-state index in [2.05, 4.69) is 34.4 Å². The van der Waals surface area contributed by atoms with Crippen LogP contribution in [0.1, 0.15) is 11.8 Å². The van der Waals surface area contributed by atoms with Crippen LogP contribution in [0.3, 0.4) is 0 Å². The normalized spacial score (nSPS) is 11.2. The third-order valence-electron chi connectivity index (χ3n) is 2.94. The van der Waals surface area contributed by atoms with Gasteiger partial charge in [0.25, 0.3) is 0 Å². The molecule has 18 heavy (non-hydrogen) atoms. The van der Waals surface area contributed by atoms with E-state index in [4.69, 9.17) is 5.73 Å². The van der Waals surface area contributed by atoms with E-state index in [-0.39, 0.29) is 0 Å². The molecular formula is C13H14N4S. The molecule has 0 fully saturated rings. The number of imidazole rings is 1. The van der Waals surface area contributed by atoms with Gasteiger partial charge in [-0.15, -0.1) is 11.3 Å². The molecule has 0 saturated carbocycles. The summed E-state index contributed by atoms with van der Waals surface area (Å²) < 4.78 is 2.10. The van der Waals surface area contributed by atoms with E-state index in [1.54, 1.807) is 17.5 Å². The van der Waals surface area contributed by atoms with Crippen molar-refractivity contribution in [3.05, 3.63) is 29.3 Å². The zero-order chi connectivity index (χ0) is 12.7. The van der Waals surface area contributed by atoms with Gasteiger partial charge in [0.1, 0.15) is 11.3 Å². The van der Waals surface area contributed by atoms with Crippen molar-refractivity contribution in [3.8, 4) is 11.4 Å². The van der Waals surface area contributed by atoms with Crippen molar-refractivity contribution in [3.63, 3.8) is 0 Å². The molecule has 0 aliphatic rings. The molecule has 2 N–H and O–H groups in total. The summed E-state index contributed by atoms with van der Waals surface area (Å²) in [6.45, 7) is 4.98. The minimum Gasteiger partial charge on any atom is -0.390 e. The van der Waals surface area contributed by atoms with Gasteiger partial charge in [0.2, 0.25) is 0 Å². The molecular weight excluding hydrogens is 244 g/mol. The van der Waals surface area contributed by atoms with Crippen LogP contribution in [0.5, 0.6) is 0 Å². The van der Waals surface area contributed by atoms with Crippen LogP contribution in [-0.4, -0.2) is 14.5 Å². The lowest BCUT2D eigenvalue weighted by atomic mass is 10.3. The summed E-state index contributed by atoms with van der Waals surface area (Å²) in [4.78, 5) is 10.3. The van der Waals surface area contributed by atoms with Crippen molar-refractivity contribution in [2.45, 2.75) is 20.4 Å². The van der Waals surface area contributed by atoms with Gasteiger partial charge in [-0.05, 0) is 32.0 Å². The van der Waals surface area contributed by atoms with Crippen LogP contribution in [0.2, 0.25) is 0 Å². The van der Waals surface area contributed by atoms with E-state index in [1.165, 1.54) is 4.88 Å². The van der Waals surface area contributed by atoms with E-state index in [1.807, 2.05) is 12.1 Å². The number of nitrogen functional groups attached to an aromatic ring is 1. The fourth-order valence-electron chi connectivity index (χ4n) is 2.17. The molecule has 3 rings (SSSR count). The highest BCUT2D eigenvalue weighted by Gasteiger charge is 2.15. The Labute approximate surface area is 109 Å². The maximum absolute atomic E-state index is 6.06. The average molecular weight is 258 g/mol. The fraction of sp³-hybridized carbons (Fsp3) is 0.231. The second-order valence-corrected chi connectivity index (χ2v) is 5.45. The van der Waals surface area contributed by atoms with E-state index >= 15 is 0 Å². The van der Waals surface area contributed by atoms with Crippen LogP contribution in [0, 0.1) is 6.92 Å². The predicted octanol–water partition coefficient (Wildman–Crippen LogP) is 3.07. The summed E-state index contributed by atoms with van der Waals surface area (Å²) in [6, 6.07) is 5.97. The fourth-order valence-corrected chi connectivity index (χ4v) is 2.95. The SMILES string of the molecule is CCn1c(-c2cc(C)sc2N)nc2cccnc21. The molecule has 3 aromatic heterocycles. The minimum absolute atomic E-state index is 0.817. The number of thiophene rings is 1. The molecule has 0 unspecified atom stereocenters. The Balaban J connectivity index is 2.32. The molecule has 0 bridgehead atoms. The zero-order valence-electron chi connectivity index (χ0n) is 10.3. The van der Waals surface area contributed by atoms with Crippen molar-refractivity contribution in [2.24, 2.45) is 0 Å². The van der Waals surface area contributed by atoms with Gasteiger partial charge in [-0.2, -0.15) is 0 Å². The third-order valence-corrected chi connectivity index (χ3v) is 3.82. The van der Waals surface area contributed by atoms with Gasteiger partial charge in [0, 0.05) is 17.6 Å². The van der Waals surface area contributed by atoms with Gasteiger partial charge in [-0.3, -0.25) is 0 Å². The quantitative estimate of drug-likeness (QED) is 0.768. The van der Waals surface area contributed by atoms with Crippen LogP contribution >= 0.6 is 11.3 Å². The number of aromatic nitrogens is 3. The van der Waals surface area contributed by atoms with Gasteiger partial charge in [0.05, 0.1) is 10.6 Å². The summed E-state index contributed by atoms with van der Waals surface area (Å²) in [5.74, 6) is 0.910. The lowest BCUT2D eigenvalue weighted by Gasteiger charge is -2.04. The highest BCUT2D eigenvalue weighted by molar-refractivity contribution is 7.16. The molecule has 0 atom stereocenters. The van der Waals surface area contributed by atoms with Crippen LogP contribution in [0.4, 0.5) is 5.00 Å². The number of rotatable bonds is 2. The molecule has 0 saturated heterocycles. The van der Waals surface area contributed by atoms with Crippen LogP contribution < -0.4 is 5.73 Å². The van der Waals surface area contributed by atoms with Gasteiger partial charge in [-0.1, -0.05) is 0 Å². The molecule has 0 aromatic carbocycles. The number of nitrogens with two attached hydrogens (primary N) is 1. The Morgan fingerprint density at radius 1 is 1.44 bits per heavy atom. The first-order valence-electron chi connectivity index (χ1n) is 5.88. The molecule has 0 radical (unpaired) electrons. The minimum atomic E-state index is 0.817. The number of aryl methyl sites for hydroxylation is 2. The highest BCUT2D eigenvalue weighted by atomic mass is 32.1. The average Bonchev–Trinajstić information content (AvgIpc) is 2.88. The monoisotopic (exact) mass is 258 g/mol. The maximum Gasteiger partial charge on any atom is 0.160 e. The lowest BCUT2D eigenvalue weighted by Crippen LogP contribution is -1.99. The topological polar surface area (TPSA) is 56.7 Å². The largest absolute Gasteiger partial charge is 0.390 e. The predicted molar refractivity (Wildman–Crippen MR) is 75.7 cm³/mol. The van der Waals surface area contributed by atoms with Gasteiger partial charge in [0.15, 0.2) is 5.65 Å². The molecule has 0 aliphatic heterocycles. The number of pyridine rings is 1. The van der Waals surface area contributed by atoms with E-state index in [9.17, 15) is 0 Å². The zero-order valence-corrected chi connectivity index (χ0v) is 11.2. The first kappa shape index (κ1) is 11.2. The van der Waals surface area contributed by atoms with Gasteiger partial charge in [-0.25, -0.2) is 9.97 Å². The summed E-state index contributed by atoms with van der Waals surface area (Å²) >= 11 is 1.60. The highest BCUT2D eigenvalue weighted by Crippen LogP contribution is 2.34. The smallest absolute Gasteiger partial charge is 0.160 e. The van der Waals surface area contributed by atoms with Crippen molar-refractivity contribution in [1.82, 2.24) is 14.5 Å². The second kappa shape index (κ2) is 4.10. The molecule has 4 nitrogen and oxygen atoms in total. The molecule has 3 heterocycles. The Bertz CT molecular complexity index is 711. The van der Waals surface area contributed by atoms with Crippen molar-refractivity contribution in [1.29, 1.82) is 0 Å². The number of hydrogen-bond acceptors (Lipinski definition) is 4. The number of nitrogens with zero attached hydrogens (tertiary/aromatic N) is 3.